The van der Waals surface area contributed by atoms with Crippen LogP contribution < -0.4 is 16.0 Å². The number of hydrogen-bond donors (Lipinski definition) is 3. The van der Waals surface area contributed by atoms with Crippen molar-refractivity contribution in [2.75, 3.05) is 17.2 Å². The first-order chi connectivity index (χ1) is 13.5. The molecule has 0 radical (unpaired) electrons. The normalized spacial score (nSPS) is 10.4. The van der Waals surface area contributed by atoms with Crippen LogP contribution >= 0.6 is 11.6 Å². The van der Waals surface area contributed by atoms with Crippen molar-refractivity contribution in [2.24, 2.45) is 0 Å². The Balaban J connectivity index is 1.53. The maximum Gasteiger partial charge on any atom is 0.251 e. The van der Waals surface area contributed by atoms with Gasteiger partial charge >= 0.3 is 0 Å². The molecule has 0 spiro atoms. The van der Waals surface area contributed by atoms with E-state index in [4.69, 9.17) is 16.0 Å². The molecule has 3 aromatic rings. The van der Waals surface area contributed by atoms with E-state index in [1.807, 2.05) is 19.1 Å². The monoisotopic (exact) mass is 397 g/mol. The van der Waals surface area contributed by atoms with Gasteiger partial charge in [0.15, 0.2) is 0 Å². The summed E-state index contributed by atoms with van der Waals surface area (Å²) in [6.07, 6.45) is 1.55. The number of nitrogens with one attached hydrogen (secondary N) is 3. The van der Waals surface area contributed by atoms with E-state index >= 15 is 0 Å². The van der Waals surface area contributed by atoms with Crippen LogP contribution in [-0.2, 0) is 11.3 Å². The summed E-state index contributed by atoms with van der Waals surface area (Å²) in [5, 5.41) is 9.20. The molecule has 0 unspecified atom stereocenters. The van der Waals surface area contributed by atoms with Crippen LogP contribution in [0, 0.1) is 6.92 Å². The van der Waals surface area contributed by atoms with Crippen LogP contribution in [0.5, 0.6) is 0 Å². The fraction of sp³-hybridized carbons (Fsp3) is 0.143. The zero-order chi connectivity index (χ0) is 19.9. The largest absolute Gasteiger partial charge is 0.467 e. The highest BCUT2D eigenvalue weighted by atomic mass is 35.5. The summed E-state index contributed by atoms with van der Waals surface area (Å²) in [4.78, 5) is 24.4. The zero-order valence-corrected chi connectivity index (χ0v) is 16.0. The number of amides is 2. The molecule has 144 valence electrons. The van der Waals surface area contributed by atoms with Crippen molar-refractivity contribution in [3.05, 3.63) is 82.8 Å². The predicted octanol–water partition coefficient (Wildman–Crippen LogP) is 4.22. The third-order valence-electron chi connectivity index (χ3n) is 4.04. The topological polar surface area (TPSA) is 83.4 Å². The van der Waals surface area contributed by atoms with Crippen LogP contribution in [0.4, 0.5) is 11.4 Å². The standard InChI is InChI=1S/C21H20ClN3O3/c1-14-7-8-16(11-19(14)22)23-13-20(26)25-17-5-2-4-15(10-17)21(27)24-12-18-6-3-9-28-18/h2-11,23H,12-13H2,1H3,(H,24,27)(H,25,26). The Labute approximate surface area is 167 Å². The molecule has 0 saturated carbocycles. The minimum absolute atomic E-state index is 0.0777. The van der Waals surface area contributed by atoms with E-state index in [1.54, 1.807) is 48.7 Å². The van der Waals surface area contributed by atoms with E-state index < -0.39 is 0 Å². The fourth-order valence-corrected chi connectivity index (χ4v) is 2.69. The Morgan fingerprint density at radius 1 is 1.04 bits per heavy atom. The van der Waals surface area contributed by atoms with Gasteiger partial charge in [0.05, 0.1) is 19.4 Å². The lowest BCUT2D eigenvalue weighted by molar-refractivity contribution is -0.114. The third kappa shape index (κ3) is 5.37. The van der Waals surface area contributed by atoms with Gasteiger partial charge in [0.25, 0.3) is 5.91 Å². The Morgan fingerprint density at radius 3 is 2.64 bits per heavy atom. The molecule has 0 aliphatic rings. The smallest absolute Gasteiger partial charge is 0.251 e. The predicted molar refractivity (Wildman–Crippen MR) is 110 cm³/mol. The molecule has 0 saturated heterocycles. The van der Waals surface area contributed by atoms with Gasteiger partial charge in [-0.25, -0.2) is 0 Å². The molecule has 1 aromatic heterocycles. The average Bonchev–Trinajstić information content (AvgIpc) is 3.21. The molecule has 3 N–H and O–H groups in total. The summed E-state index contributed by atoms with van der Waals surface area (Å²) in [7, 11) is 0. The van der Waals surface area contributed by atoms with E-state index in [0.29, 0.717) is 28.6 Å². The van der Waals surface area contributed by atoms with Crippen LogP contribution in [0.3, 0.4) is 0 Å². The lowest BCUT2D eigenvalue weighted by Crippen LogP contribution is -2.24. The highest BCUT2D eigenvalue weighted by Gasteiger charge is 2.09. The Morgan fingerprint density at radius 2 is 1.89 bits per heavy atom. The number of carbonyl (C=O) groups is 2. The van der Waals surface area contributed by atoms with Crippen LogP contribution in [0.2, 0.25) is 5.02 Å². The molecule has 2 amide bonds. The first-order valence-electron chi connectivity index (χ1n) is 8.72. The second-order valence-electron chi connectivity index (χ2n) is 6.21. The van der Waals surface area contributed by atoms with Crippen molar-refractivity contribution in [1.29, 1.82) is 0 Å². The van der Waals surface area contributed by atoms with Crippen LogP contribution in [0.1, 0.15) is 21.7 Å². The summed E-state index contributed by atoms with van der Waals surface area (Å²) in [6.45, 7) is 2.29. The number of rotatable bonds is 7. The summed E-state index contributed by atoms with van der Waals surface area (Å²) in [5.41, 5.74) is 2.72. The van der Waals surface area contributed by atoms with Crippen LogP contribution in [0.25, 0.3) is 0 Å². The van der Waals surface area contributed by atoms with Crippen molar-refractivity contribution >= 4 is 34.8 Å². The van der Waals surface area contributed by atoms with Crippen molar-refractivity contribution in [2.45, 2.75) is 13.5 Å². The molecule has 0 aliphatic heterocycles. The van der Waals surface area contributed by atoms with E-state index in [1.165, 1.54) is 0 Å². The first-order valence-corrected chi connectivity index (χ1v) is 9.09. The molecule has 6 nitrogen and oxygen atoms in total. The average molecular weight is 398 g/mol. The maximum atomic E-state index is 12.3. The Bertz CT molecular complexity index is 971. The number of benzene rings is 2. The highest BCUT2D eigenvalue weighted by Crippen LogP contribution is 2.19. The number of anilines is 2. The van der Waals surface area contributed by atoms with Crippen LogP contribution in [0.15, 0.2) is 65.3 Å². The Hall–Kier alpha value is -3.25. The van der Waals surface area contributed by atoms with Crippen molar-refractivity contribution in [3.63, 3.8) is 0 Å². The number of furan rings is 1. The number of carbonyl (C=O) groups excluding carboxylic acids is 2. The van der Waals surface area contributed by atoms with Crippen molar-refractivity contribution < 1.29 is 14.0 Å². The molecular weight excluding hydrogens is 378 g/mol. The summed E-state index contributed by atoms with van der Waals surface area (Å²) in [5.74, 6) is 0.185. The lowest BCUT2D eigenvalue weighted by atomic mass is 10.2. The van der Waals surface area contributed by atoms with Gasteiger partial charge in [-0.2, -0.15) is 0 Å². The summed E-state index contributed by atoms with van der Waals surface area (Å²) >= 11 is 6.08. The number of hydrogen-bond acceptors (Lipinski definition) is 4. The maximum absolute atomic E-state index is 12.3. The minimum Gasteiger partial charge on any atom is -0.467 e. The molecule has 28 heavy (non-hydrogen) atoms. The minimum atomic E-state index is -0.250. The molecule has 7 heteroatoms. The van der Waals surface area contributed by atoms with Crippen molar-refractivity contribution in [3.8, 4) is 0 Å². The summed E-state index contributed by atoms with van der Waals surface area (Å²) in [6, 6.07) is 15.8. The van der Waals surface area contributed by atoms with Gasteiger partial charge in [-0.15, -0.1) is 0 Å². The van der Waals surface area contributed by atoms with E-state index in [9.17, 15) is 9.59 Å². The lowest BCUT2D eigenvalue weighted by Gasteiger charge is -2.10. The third-order valence-corrected chi connectivity index (χ3v) is 4.44. The van der Waals surface area contributed by atoms with Gasteiger partial charge in [0.2, 0.25) is 5.91 Å². The van der Waals surface area contributed by atoms with E-state index in [-0.39, 0.29) is 18.4 Å². The quantitative estimate of drug-likeness (QED) is 0.557. The second kappa shape index (κ2) is 9.10. The van der Waals surface area contributed by atoms with Gasteiger partial charge in [-0.1, -0.05) is 23.7 Å². The molecule has 2 aromatic carbocycles. The molecule has 0 aliphatic carbocycles. The zero-order valence-electron chi connectivity index (χ0n) is 15.3. The van der Waals surface area contributed by atoms with E-state index in [2.05, 4.69) is 16.0 Å². The first kappa shape index (κ1) is 19.5. The molecule has 1 heterocycles. The van der Waals surface area contributed by atoms with Gasteiger partial charge in [0.1, 0.15) is 5.76 Å². The van der Waals surface area contributed by atoms with Gasteiger partial charge in [0, 0.05) is 22.0 Å². The van der Waals surface area contributed by atoms with Gasteiger partial charge in [-0.3, -0.25) is 9.59 Å². The molecule has 0 atom stereocenters. The number of aryl methyl sites for hydroxylation is 1. The SMILES string of the molecule is Cc1ccc(NCC(=O)Nc2cccc(C(=O)NCc3ccco3)c2)cc1Cl. The summed E-state index contributed by atoms with van der Waals surface area (Å²) < 4.78 is 5.19. The van der Waals surface area contributed by atoms with E-state index in [0.717, 1.165) is 11.3 Å². The molecular formula is C21H20ClN3O3. The van der Waals surface area contributed by atoms with Gasteiger partial charge < -0.3 is 20.4 Å². The Kier molecular flexibility index (Phi) is 6.34. The van der Waals surface area contributed by atoms with Gasteiger partial charge in [-0.05, 0) is 55.0 Å². The van der Waals surface area contributed by atoms with Crippen molar-refractivity contribution in [1.82, 2.24) is 5.32 Å². The fourth-order valence-electron chi connectivity index (χ4n) is 2.51. The van der Waals surface area contributed by atoms with Crippen LogP contribution in [-0.4, -0.2) is 18.4 Å². The molecule has 3 rings (SSSR count). The highest BCUT2D eigenvalue weighted by molar-refractivity contribution is 6.31. The molecule has 0 bridgehead atoms. The molecule has 0 fully saturated rings. The second-order valence-corrected chi connectivity index (χ2v) is 6.62. The number of halogens is 1.